The monoisotopic (exact) mass is 411 g/mol. The summed E-state index contributed by atoms with van der Waals surface area (Å²) in [6.07, 6.45) is 0. The van der Waals surface area contributed by atoms with E-state index in [1.54, 1.807) is 12.1 Å². The highest BCUT2D eigenvalue weighted by atomic mass is 79.9. The van der Waals surface area contributed by atoms with Crippen LogP contribution in [0.1, 0.15) is 0 Å². The minimum atomic E-state index is -0.444. The molecule has 0 aliphatic heterocycles. The van der Waals surface area contributed by atoms with Crippen LogP contribution in [-0.2, 0) is 0 Å². The first-order valence-electron chi connectivity index (χ1n) is 4.29. The lowest BCUT2D eigenvalue weighted by molar-refractivity contribution is 1.32. The quantitative estimate of drug-likeness (QED) is 0.231. The Bertz CT molecular complexity index is 579. The smallest absolute Gasteiger partial charge is 0.201 e. The van der Waals surface area contributed by atoms with Crippen LogP contribution in [0.2, 0.25) is 10.0 Å². The van der Waals surface area contributed by atoms with Crippen LogP contribution in [0.3, 0.4) is 0 Å². The van der Waals surface area contributed by atoms with Gasteiger partial charge in [0.1, 0.15) is 6.07 Å². The van der Waals surface area contributed by atoms with Crippen molar-refractivity contribution >= 4 is 72.3 Å². The minimum absolute atomic E-state index is 0.225. The van der Waals surface area contributed by atoms with E-state index in [9.17, 15) is 0 Å². The van der Waals surface area contributed by atoms with Gasteiger partial charge in [-0.1, -0.05) is 23.2 Å². The van der Waals surface area contributed by atoms with Crippen LogP contribution in [0.15, 0.2) is 20.1 Å². The molecule has 1 aromatic carbocycles. The van der Waals surface area contributed by atoms with Crippen molar-refractivity contribution in [2.24, 2.45) is 10.8 Å². The summed E-state index contributed by atoms with van der Waals surface area (Å²) in [6, 6.07) is 3.35. The van der Waals surface area contributed by atoms with E-state index in [-0.39, 0.29) is 10.7 Å². The topological polar surface area (TPSA) is 98.0 Å². The average Bonchev–Trinajstić information content (AvgIpc) is 2.30. The first kappa shape index (κ1) is 15.2. The number of nitriles is 1. The number of nitrogens with zero attached hydrogens (tertiary/aromatic N) is 2. The van der Waals surface area contributed by atoms with Gasteiger partial charge >= 0.3 is 0 Å². The highest BCUT2D eigenvalue weighted by molar-refractivity contribution is 9.11. The summed E-state index contributed by atoms with van der Waals surface area (Å²) >= 11 is 18.5. The Morgan fingerprint density at radius 3 is 2.50 bits per heavy atom. The van der Waals surface area contributed by atoms with Crippen LogP contribution in [0, 0.1) is 16.7 Å². The van der Waals surface area contributed by atoms with Gasteiger partial charge in [-0.05, 0) is 37.9 Å². The lowest BCUT2D eigenvalue weighted by Crippen LogP contribution is -2.21. The number of nitrogens with one attached hydrogen (secondary N) is 2. The maximum Gasteiger partial charge on any atom is 0.201 e. The molecule has 0 saturated heterocycles. The predicted molar refractivity (Wildman–Crippen MR) is 80.4 cm³/mol. The van der Waals surface area contributed by atoms with Gasteiger partial charge in [0.15, 0.2) is 5.84 Å². The van der Waals surface area contributed by atoms with Crippen molar-refractivity contribution in [3.8, 4) is 6.07 Å². The fourth-order valence-electron chi connectivity index (χ4n) is 0.926. The largest absolute Gasteiger partial charge is 0.382 e. The molecule has 0 aliphatic carbocycles. The molecule has 0 saturated carbocycles. The van der Waals surface area contributed by atoms with Gasteiger partial charge in [0.05, 0.1) is 15.7 Å². The van der Waals surface area contributed by atoms with Crippen molar-refractivity contribution in [1.29, 1.82) is 10.7 Å². The number of hydrogen-bond donors (Lipinski definition) is 3. The van der Waals surface area contributed by atoms with E-state index in [1.165, 1.54) is 0 Å². The van der Waals surface area contributed by atoms with E-state index in [2.05, 4.69) is 42.4 Å². The van der Waals surface area contributed by atoms with E-state index >= 15 is 0 Å². The molecule has 0 heterocycles. The zero-order valence-electron chi connectivity index (χ0n) is 8.56. The molecule has 0 amide bonds. The molecule has 9 heteroatoms. The lowest BCUT2D eigenvalue weighted by atomic mass is 10.3. The summed E-state index contributed by atoms with van der Waals surface area (Å²) in [5.41, 5.74) is 7.82. The van der Waals surface area contributed by atoms with Crippen molar-refractivity contribution in [3.05, 3.63) is 25.1 Å². The van der Waals surface area contributed by atoms with Crippen LogP contribution in [0.5, 0.6) is 0 Å². The van der Waals surface area contributed by atoms with Crippen LogP contribution in [-0.4, -0.2) is 11.5 Å². The molecule has 0 aromatic heterocycles. The van der Waals surface area contributed by atoms with Crippen LogP contribution >= 0.6 is 55.1 Å². The lowest BCUT2D eigenvalue weighted by Gasteiger charge is -2.09. The maximum atomic E-state index is 8.69. The van der Waals surface area contributed by atoms with E-state index in [0.717, 1.165) is 0 Å². The molecule has 0 unspecified atom stereocenters. The molecule has 0 fully saturated rings. The second kappa shape index (κ2) is 6.38. The molecule has 0 radical (unpaired) electrons. The summed E-state index contributed by atoms with van der Waals surface area (Å²) < 4.78 is 1.20. The van der Waals surface area contributed by atoms with Crippen LogP contribution in [0.4, 0.5) is 5.69 Å². The van der Waals surface area contributed by atoms with Gasteiger partial charge in [-0.15, -0.1) is 0 Å². The summed E-state index contributed by atoms with van der Waals surface area (Å²) in [5.74, 6) is -0.444. The molecule has 4 N–H and O–H groups in total. The summed E-state index contributed by atoms with van der Waals surface area (Å²) in [7, 11) is 0. The summed E-state index contributed by atoms with van der Waals surface area (Å²) in [4.78, 5) is 0. The molecular formula is C9H5Br2Cl2N5. The summed E-state index contributed by atoms with van der Waals surface area (Å²) in [5, 5.41) is 20.0. The first-order chi connectivity index (χ1) is 8.38. The Morgan fingerprint density at radius 1 is 1.39 bits per heavy atom. The zero-order valence-corrected chi connectivity index (χ0v) is 13.2. The third kappa shape index (κ3) is 3.36. The fraction of sp³-hybridized carbons (Fsp3) is 0. The number of nitrogens with two attached hydrogens (primary N) is 1. The molecule has 0 spiro atoms. The average molecular weight is 414 g/mol. The highest BCUT2D eigenvalue weighted by Gasteiger charge is 2.13. The number of hydrazone groups is 1. The molecular weight excluding hydrogens is 409 g/mol. The molecule has 5 nitrogen and oxygen atoms in total. The normalized spacial score (nSPS) is 10.9. The predicted octanol–water partition coefficient (Wildman–Crippen LogP) is 3.75. The van der Waals surface area contributed by atoms with Gasteiger partial charge in [-0.3, -0.25) is 10.8 Å². The van der Waals surface area contributed by atoms with Gasteiger partial charge < -0.3 is 5.73 Å². The Morgan fingerprint density at radius 2 is 2.00 bits per heavy atom. The van der Waals surface area contributed by atoms with Crippen LogP contribution < -0.4 is 11.2 Å². The van der Waals surface area contributed by atoms with Crippen molar-refractivity contribution in [3.63, 3.8) is 0 Å². The Labute approximate surface area is 130 Å². The molecule has 0 bridgehead atoms. The number of halogens is 4. The molecule has 18 heavy (non-hydrogen) atoms. The molecule has 1 aromatic rings. The fourth-order valence-corrected chi connectivity index (χ4v) is 2.80. The first-order valence-corrected chi connectivity index (χ1v) is 6.63. The third-order valence-corrected chi connectivity index (χ3v) is 4.10. The number of benzene rings is 1. The standard InChI is InChI=1S/C9H5Br2Cl2N5/c10-3-1-4(11)8(7(13)6(3)12)18-17-5(2-14)9(15)16/h1,18H,(H3,15,16)/b17-5+. The number of rotatable bonds is 3. The number of amidine groups is 1. The van der Waals surface area contributed by atoms with E-state index in [1.807, 2.05) is 0 Å². The Balaban J connectivity index is 3.18. The molecule has 0 atom stereocenters. The highest BCUT2D eigenvalue weighted by Crippen LogP contribution is 2.41. The maximum absolute atomic E-state index is 8.69. The number of hydrogen-bond acceptors (Lipinski definition) is 4. The van der Waals surface area contributed by atoms with Gasteiger partial charge in [-0.25, -0.2) is 0 Å². The Kier molecular flexibility index (Phi) is 5.41. The van der Waals surface area contributed by atoms with Gasteiger partial charge in [0.25, 0.3) is 0 Å². The molecule has 1 rings (SSSR count). The van der Waals surface area contributed by atoms with Crippen LogP contribution in [0.25, 0.3) is 0 Å². The third-order valence-electron chi connectivity index (χ3n) is 1.75. The Hall–Kier alpha value is -0.810. The second-order valence-corrected chi connectivity index (χ2v) is 5.41. The van der Waals surface area contributed by atoms with Crippen molar-refractivity contribution in [2.45, 2.75) is 0 Å². The van der Waals surface area contributed by atoms with Gasteiger partial charge in [0, 0.05) is 8.95 Å². The molecule has 0 aliphatic rings. The minimum Gasteiger partial charge on any atom is -0.382 e. The van der Waals surface area contributed by atoms with Gasteiger partial charge in [0.2, 0.25) is 5.71 Å². The van der Waals surface area contributed by atoms with E-state index in [0.29, 0.717) is 19.7 Å². The van der Waals surface area contributed by atoms with Crippen molar-refractivity contribution in [1.82, 2.24) is 0 Å². The van der Waals surface area contributed by atoms with E-state index in [4.69, 9.17) is 39.6 Å². The van der Waals surface area contributed by atoms with Crippen molar-refractivity contribution < 1.29 is 0 Å². The second-order valence-electron chi connectivity index (χ2n) is 2.94. The number of anilines is 1. The SMILES string of the molecule is N#C/C(=N\Nc1c(Br)cc(Br)c(Cl)c1Cl)C(=N)N. The van der Waals surface area contributed by atoms with Gasteiger partial charge in [-0.2, -0.15) is 10.4 Å². The zero-order chi connectivity index (χ0) is 13.9. The van der Waals surface area contributed by atoms with E-state index < -0.39 is 5.84 Å². The van der Waals surface area contributed by atoms with Crippen molar-refractivity contribution in [2.75, 3.05) is 5.43 Å². The molecule has 94 valence electrons. The summed E-state index contributed by atoms with van der Waals surface area (Å²) in [6.45, 7) is 0.